The first kappa shape index (κ1) is 22.8. The number of piperidine rings is 1. The van der Waals surface area contributed by atoms with Gasteiger partial charge in [0.15, 0.2) is 0 Å². The highest BCUT2D eigenvalue weighted by Crippen LogP contribution is 2.37. The Morgan fingerprint density at radius 2 is 1.86 bits per heavy atom. The van der Waals surface area contributed by atoms with Crippen molar-refractivity contribution in [2.75, 3.05) is 13.1 Å². The first-order valence-corrected chi connectivity index (χ1v) is 13.1. The molecule has 0 unspecified atom stereocenters. The van der Waals surface area contributed by atoms with Crippen LogP contribution in [0.3, 0.4) is 0 Å². The third-order valence-corrected chi connectivity index (χ3v) is 7.72. The lowest BCUT2D eigenvalue weighted by molar-refractivity contribution is 0.199. The number of benzene rings is 1. The summed E-state index contributed by atoms with van der Waals surface area (Å²) in [7, 11) is 0. The number of fused-ring (bicyclic) bond motifs is 1. The molecule has 4 aromatic rings. The molecule has 1 aliphatic carbocycles. The van der Waals surface area contributed by atoms with Gasteiger partial charge < -0.3 is 4.74 Å². The maximum absolute atomic E-state index is 6.32. The topological polar surface area (TPSA) is 81.9 Å². The van der Waals surface area contributed by atoms with Gasteiger partial charge in [-0.15, -0.1) is 5.10 Å². The number of likely N-dealkylation sites (tertiary alicyclic amines) is 1. The Morgan fingerprint density at radius 3 is 2.63 bits per heavy atom. The number of rotatable bonds is 7. The van der Waals surface area contributed by atoms with Gasteiger partial charge in [0, 0.05) is 43.2 Å². The summed E-state index contributed by atoms with van der Waals surface area (Å²) in [5.41, 5.74) is 2.76. The summed E-state index contributed by atoms with van der Waals surface area (Å²) < 4.78 is 9.06. The van der Waals surface area contributed by atoms with Crippen LogP contribution in [0.2, 0.25) is 5.02 Å². The molecule has 35 heavy (non-hydrogen) atoms. The summed E-state index contributed by atoms with van der Waals surface area (Å²) in [6, 6.07) is 7.77. The van der Waals surface area contributed by atoms with E-state index in [4.69, 9.17) is 16.3 Å². The second-order valence-electron chi connectivity index (χ2n) is 9.34. The van der Waals surface area contributed by atoms with Gasteiger partial charge in [-0.25, -0.2) is 19.6 Å². The van der Waals surface area contributed by atoms with E-state index in [1.54, 1.807) is 6.20 Å². The third-order valence-electron chi connectivity index (χ3n) is 6.75. The van der Waals surface area contributed by atoms with Crippen LogP contribution in [-0.4, -0.2) is 47.9 Å². The molecule has 4 heterocycles. The van der Waals surface area contributed by atoms with Crippen LogP contribution >= 0.6 is 27.5 Å². The van der Waals surface area contributed by atoms with E-state index in [2.05, 4.69) is 46.1 Å². The van der Waals surface area contributed by atoms with Crippen molar-refractivity contribution < 1.29 is 4.74 Å². The summed E-state index contributed by atoms with van der Waals surface area (Å²) in [6.45, 7) is 3.53. The molecule has 1 aromatic carbocycles. The molecule has 0 amide bonds. The molecule has 1 aliphatic heterocycles. The summed E-state index contributed by atoms with van der Waals surface area (Å²) in [4.78, 5) is 15.8. The summed E-state index contributed by atoms with van der Waals surface area (Å²) in [5, 5.41) is 9.34. The molecule has 3 aromatic heterocycles. The lowest BCUT2D eigenvalue weighted by Gasteiger charge is -2.31. The second kappa shape index (κ2) is 9.79. The number of ether oxygens (including phenoxy) is 1. The molecule has 180 valence electrons. The predicted octanol–water partition coefficient (Wildman–Crippen LogP) is 5.61. The zero-order valence-corrected chi connectivity index (χ0v) is 21.5. The van der Waals surface area contributed by atoms with E-state index in [1.807, 2.05) is 41.3 Å². The van der Waals surface area contributed by atoms with Crippen LogP contribution in [0.4, 0.5) is 0 Å². The minimum Gasteiger partial charge on any atom is -0.437 e. The Balaban J connectivity index is 1.18. The lowest BCUT2D eigenvalue weighted by Crippen LogP contribution is -2.33. The Kier molecular flexibility index (Phi) is 6.39. The van der Waals surface area contributed by atoms with Crippen LogP contribution < -0.4 is 4.74 Å². The Labute approximate surface area is 216 Å². The normalized spacial score (nSPS) is 17.2. The standard InChI is InChI=1S/C25H25BrClN7O/c26-22-21(5-4-20-23(22)31-32-34(20)14-16-2-3-16)35-25-18(12-19(27)13-30-25)15-33-10-6-17(7-11-33)24-28-8-1-9-29-24/h1,4-5,8-9,12-13,16-17H,2-3,6-7,10-11,14-15H2. The van der Waals surface area contributed by atoms with Gasteiger partial charge in [-0.3, -0.25) is 4.90 Å². The Morgan fingerprint density at radius 1 is 1.06 bits per heavy atom. The van der Waals surface area contributed by atoms with Crippen molar-refractivity contribution >= 4 is 38.6 Å². The zero-order chi connectivity index (χ0) is 23.8. The molecule has 0 atom stereocenters. The van der Waals surface area contributed by atoms with E-state index in [0.717, 1.165) is 65.3 Å². The van der Waals surface area contributed by atoms with Crippen LogP contribution in [0.1, 0.15) is 43.0 Å². The van der Waals surface area contributed by atoms with Crippen molar-refractivity contribution in [1.29, 1.82) is 0 Å². The molecule has 0 radical (unpaired) electrons. The smallest absolute Gasteiger partial charge is 0.223 e. The minimum atomic E-state index is 0.400. The van der Waals surface area contributed by atoms with E-state index in [0.29, 0.717) is 29.1 Å². The number of pyridine rings is 1. The SMILES string of the molecule is Clc1cnc(Oc2ccc3c(nnn3CC3CC3)c2Br)c(CN2CCC(c3ncccn3)CC2)c1. The second-order valence-corrected chi connectivity index (χ2v) is 10.6. The largest absolute Gasteiger partial charge is 0.437 e. The molecule has 1 saturated heterocycles. The van der Waals surface area contributed by atoms with Crippen molar-refractivity contribution in [3.05, 3.63) is 63.7 Å². The van der Waals surface area contributed by atoms with Gasteiger partial charge in [0.2, 0.25) is 5.88 Å². The zero-order valence-electron chi connectivity index (χ0n) is 19.1. The van der Waals surface area contributed by atoms with Crippen LogP contribution in [0.5, 0.6) is 11.6 Å². The predicted molar refractivity (Wildman–Crippen MR) is 137 cm³/mol. The Bertz CT molecular complexity index is 1340. The fourth-order valence-electron chi connectivity index (χ4n) is 4.63. The molecule has 2 fully saturated rings. The van der Waals surface area contributed by atoms with E-state index >= 15 is 0 Å². The number of aromatic nitrogens is 6. The van der Waals surface area contributed by atoms with Gasteiger partial charge in [-0.05, 0) is 84.9 Å². The molecule has 1 saturated carbocycles. The molecule has 0 N–H and O–H groups in total. The van der Waals surface area contributed by atoms with Crippen LogP contribution in [-0.2, 0) is 13.1 Å². The number of hydrogen-bond acceptors (Lipinski definition) is 7. The molecule has 2 aliphatic rings. The summed E-state index contributed by atoms with van der Waals surface area (Å²) >= 11 is 10.00. The van der Waals surface area contributed by atoms with Crippen molar-refractivity contribution in [2.24, 2.45) is 5.92 Å². The molecule has 10 heteroatoms. The first-order valence-electron chi connectivity index (χ1n) is 12.0. The monoisotopic (exact) mass is 553 g/mol. The van der Waals surface area contributed by atoms with Crippen LogP contribution in [0.25, 0.3) is 11.0 Å². The highest BCUT2D eigenvalue weighted by atomic mass is 79.9. The number of hydrogen-bond donors (Lipinski definition) is 0. The van der Waals surface area contributed by atoms with Gasteiger partial charge in [-0.1, -0.05) is 16.8 Å². The van der Waals surface area contributed by atoms with E-state index in [-0.39, 0.29) is 0 Å². The molecule has 6 rings (SSSR count). The van der Waals surface area contributed by atoms with Gasteiger partial charge in [0.1, 0.15) is 17.1 Å². The fourth-order valence-corrected chi connectivity index (χ4v) is 5.31. The summed E-state index contributed by atoms with van der Waals surface area (Å²) in [6.07, 6.45) is 9.84. The maximum Gasteiger partial charge on any atom is 0.223 e. The Hall–Kier alpha value is -2.62. The van der Waals surface area contributed by atoms with Crippen molar-refractivity contribution in [1.82, 2.24) is 34.8 Å². The average molecular weight is 555 g/mol. The average Bonchev–Trinajstić information content (AvgIpc) is 3.61. The fraction of sp³-hybridized carbons (Fsp3) is 0.400. The minimum absolute atomic E-state index is 0.400. The van der Waals surface area contributed by atoms with Gasteiger partial charge in [0.25, 0.3) is 0 Å². The highest BCUT2D eigenvalue weighted by molar-refractivity contribution is 9.10. The molecular weight excluding hydrogens is 530 g/mol. The van der Waals surface area contributed by atoms with Crippen LogP contribution in [0, 0.1) is 5.92 Å². The van der Waals surface area contributed by atoms with Gasteiger partial charge in [-0.2, -0.15) is 0 Å². The van der Waals surface area contributed by atoms with Gasteiger partial charge in [0.05, 0.1) is 15.0 Å². The molecule has 8 nitrogen and oxygen atoms in total. The van der Waals surface area contributed by atoms with Crippen LogP contribution in [0.15, 0.2) is 47.3 Å². The van der Waals surface area contributed by atoms with E-state index in [1.165, 1.54) is 12.8 Å². The quantitative estimate of drug-likeness (QED) is 0.293. The molecule has 0 bridgehead atoms. The summed E-state index contributed by atoms with van der Waals surface area (Å²) in [5.74, 6) is 3.27. The molecular formula is C25H25BrClN7O. The first-order chi connectivity index (χ1) is 17.1. The number of halogens is 2. The number of nitrogens with zero attached hydrogens (tertiary/aromatic N) is 7. The van der Waals surface area contributed by atoms with Crippen molar-refractivity contribution in [3.63, 3.8) is 0 Å². The molecule has 0 spiro atoms. The van der Waals surface area contributed by atoms with E-state index < -0.39 is 0 Å². The highest BCUT2D eigenvalue weighted by Gasteiger charge is 2.25. The van der Waals surface area contributed by atoms with Crippen molar-refractivity contribution in [3.8, 4) is 11.6 Å². The van der Waals surface area contributed by atoms with Gasteiger partial charge >= 0.3 is 0 Å². The van der Waals surface area contributed by atoms with E-state index in [9.17, 15) is 0 Å². The van der Waals surface area contributed by atoms with Crippen molar-refractivity contribution in [2.45, 2.75) is 44.7 Å². The third kappa shape index (κ3) is 5.03. The maximum atomic E-state index is 6.32. The lowest BCUT2D eigenvalue weighted by atomic mass is 9.95.